The van der Waals surface area contributed by atoms with E-state index >= 15 is 0 Å². The first-order valence-corrected chi connectivity index (χ1v) is 4.98. The summed E-state index contributed by atoms with van der Waals surface area (Å²) in [6.07, 6.45) is 4.40. The summed E-state index contributed by atoms with van der Waals surface area (Å²) >= 11 is 0. The first-order chi connectivity index (χ1) is 6.70. The second-order valence-corrected chi connectivity index (χ2v) is 3.73. The van der Waals surface area contributed by atoms with Gasteiger partial charge in [-0.1, -0.05) is 6.92 Å². The number of imidazole rings is 1. The minimum absolute atomic E-state index is 0. The number of aryl methyl sites for hydroxylation is 2. The van der Waals surface area contributed by atoms with Crippen LogP contribution in [0.2, 0.25) is 0 Å². The van der Waals surface area contributed by atoms with Crippen molar-refractivity contribution in [1.29, 1.82) is 0 Å². The minimum atomic E-state index is -0.692. The van der Waals surface area contributed by atoms with E-state index in [0.717, 1.165) is 30.8 Å². The van der Waals surface area contributed by atoms with E-state index in [0.29, 0.717) is 6.54 Å². The number of nitrogens with zero attached hydrogens (tertiary/aromatic N) is 2. The van der Waals surface area contributed by atoms with Crippen LogP contribution in [0.15, 0.2) is 6.20 Å². The fourth-order valence-corrected chi connectivity index (χ4v) is 1.87. The molecule has 1 aromatic rings. The Balaban J connectivity index is 0.00000112. The maximum Gasteiger partial charge on any atom is 0.308 e. The zero-order valence-electron chi connectivity index (χ0n) is 8.64. The van der Waals surface area contributed by atoms with Crippen LogP contribution in [-0.4, -0.2) is 20.6 Å². The summed E-state index contributed by atoms with van der Waals surface area (Å²) in [5, 5.41) is 8.89. The maximum atomic E-state index is 10.8. The van der Waals surface area contributed by atoms with Crippen LogP contribution in [-0.2, 0) is 24.2 Å². The molecule has 84 valence electrons. The molecule has 0 amide bonds. The largest absolute Gasteiger partial charge is 0.481 e. The number of fused-ring (bicyclic) bond motifs is 1. The molecular formula is C10H15ClN2O2. The number of hydrogen-bond donors (Lipinski definition) is 1. The van der Waals surface area contributed by atoms with Gasteiger partial charge in [-0.15, -0.1) is 12.4 Å². The molecule has 0 aliphatic carbocycles. The SMILES string of the molecule is CCc1cn2c(n1)CCC(C(=O)O)C2.Cl. The molecule has 0 spiro atoms. The zero-order valence-corrected chi connectivity index (χ0v) is 9.46. The Morgan fingerprint density at radius 3 is 3.07 bits per heavy atom. The van der Waals surface area contributed by atoms with Crippen molar-refractivity contribution >= 4 is 18.4 Å². The van der Waals surface area contributed by atoms with Gasteiger partial charge in [-0.05, 0) is 12.8 Å². The summed E-state index contributed by atoms with van der Waals surface area (Å²) in [4.78, 5) is 15.2. The van der Waals surface area contributed by atoms with Crippen LogP contribution in [0.25, 0.3) is 0 Å². The van der Waals surface area contributed by atoms with Gasteiger partial charge in [0.1, 0.15) is 5.82 Å². The van der Waals surface area contributed by atoms with Gasteiger partial charge in [-0.2, -0.15) is 0 Å². The van der Waals surface area contributed by atoms with Gasteiger partial charge in [0.25, 0.3) is 0 Å². The number of rotatable bonds is 2. The van der Waals surface area contributed by atoms with Crippen molar-refractivity contribution in [2.75, 3.05) is 0 Å². The van der Waals surface area contributed by atoms with Gasteiger partial charge in [0.05, 0.1) is 11.6 Å². The smallest absolute Gasteiger partial charge is 0.308 e. The normalized spacial score (nSPS) is 19.1. The Morgan fingerprint density at radius 2 is 2.47 bits per heavy atom. The molecule has 1 aliphatic rings. The summed E-state index contributed by atoms with van der Waals surface area (Å²) in [7, 11) is 0. The van der Waals surface area contributed by atoms with Crippen LogP contribution in [0.1, 0.15) is 24.9 Å². The average Bonchev–Trinajstić information content (AvgIpc) is 2.58. The monoisotopic (exact) mass is 230 g/mol. The van der Waals surface area contributed by atoms with Crippen molar-refractivity contribution in [2.45, 2.75) is 32.7 Å². The van der Waals surface area contributed by atoms with Crippen LogP contribution in [0, 0.1) is 5.92 Å². The maximum absolute atomic E-state index is 10.8. The molecule has 0 radical (unpaired) electrons. The molecule has 0 aromatic carbocycles. The molecule has 1 N–H and O–H groups in total. The molecule has 2 rings (SSSR count). The first-order valence-electron chi connectivity index (χ1n) is 4.98. The van der Waals surface area contributed by atoms with Gasteiger partial charge in [0.2, 0.25) is 0 Å². The minimum Gasteiger partial charge on any atom is -0.481 e. The lowest BCUT2D eigenvalue weighted by atomic mass is 10.00. The lowest BCUT2D eigenvalue weighted by Crippen LogP contribution is -2.26. The number of carboxylic acids is 1. The summed E-state index contributed by atoms with van der Waals surface area (Å²) in [6, 6.07) is 0. The van der Waals surface area contributed by atoms with Gasteiger partial charge in [-0.25, -0.2) is 4.98 Å². The van der Waals surface area contributed by atoms with E-state index in [1.54, 1.807) is 0 Å². The summed E-state index contributed by atoms with van der Waals surface area (Å²) < 4.78 is 1.99. The Morgan fingerprint density at radius 1 is 1.73 bits per heavy atom. The Hall–Kier alpha value is -1.03. The van der Waals surface area contributed by atoms with Crippen LogP contribution in [0.5, 0.6) is 0 Å². The van der Waals surface area contributed by atoms with Crippen molar-refractivity contribution in [3.63, 3.8) is 0 Å². The molecule has 1 atom stereocenters. The second kappa shape index (κ2) is 4.66. The quantitative estimate of drug-likeness (QED) is 0.838. The lowest BCUT2D eigenvalue weighted by molar-refractivity contribution is -0.142. The van der Waals surface area contributed by atoms with E-state index in [-0.39, 0.29) is 18.3 Å². The predicted molar refractivity (Wildman–Crippen MR) is 58.3 cm³/mol. The Kier molecular flexibility index (Phi) is 3.74. The van der Waals surface area contributed by atoms with Gasteiger partial charge in [-0.3, -0.25) is 4.79 Å². The standard InChI is InChI=1S/C10H14N2O2.ClH/c1-2-8-6-12-5-7(10(13)14)3-4-9(12)11-8;/h6-7H,2-5H2,1H3,(H,13,14);1H. The van der Waals surface area contributed by atoms with Crippen LogP contribution >= 0.6 is 12.4 Å². The number of carboxylic acid groups (broad SMARTS) is 1. The van der Waals surface area contributed by atoms with Crippen molar-refractivity contribution in [3.05, 3.63) is 17.7 Å². The van der Waals surface area contributed by atoms with Crippen LogP contribution in [0.4, 0.5) is 0 Å². The highest BCUT2D eigenvalue weighted by molar-refractivity contribution is 5.85. The van der Waals surface area contributed by atoms with Crippen LogP contribution in [0.3, 0.4) is 0 Å². The number of hydrogen-bond acceptors (Lipinski definition) is 2. The van der Waals surface area contributed by atoms with E-state index in [1.807, 2.05) is 10.8 Å². The molecule has 2 heterocycles. The van der Waals surface area contributed by atoms with Crippen LogP contribution < -0.4 is 0 Å². The molecular weight excluding hydrogens is 216 g/mol. The van der Waals surface area contributed by atoms with E-state index in [2.05, 4.69) is 11.9 Å². The molecule has 0 saturated carbocycles. The summed E-state index contributed by atoms with van der Waals surface area (Å²) in [5.41, 5.74) is 1.06. The molecule has 1 aliphatic heterocycles. The Bertz CT molecular complexity index is 362. The Labute approximate surface area is 94.7 Å². The number of halogens is 1. The van der Waals surface area contributed by atoms with Crippen molar-refractivity contribution in [3.8, 4) is 0 Å². The molecule has 4 nitrogen and oxygen atoms in total. The van der Waals surface area contributed by atoms with Gasteiger partial charge in [0, 0.05) is 19.2 Å². The van der Waals surface area contributed by atoms with Gasteiger partial charge >= 0.3 is 5.97 Å². The highest BCUT2D eigenvalue weighted by atomic mass is 35.5. The highest BCUT2D eigenvalue weighted by Crippen LogP contribution is 2.20. The third kappa shape index (κ3) is 2.31. The molecule has 5 heteroatoms. The molecule has 0 saturated heterocycles. The average molecular weight is 231 g/mol. The van der Waals surface area contributed by atoms with Gasteiger partial charge in [0.15, 0.2) is 0 Å². The molecule has 0 fully saturated rings. The van der Waals surface area contributed by atoms with Crippen molar-refractivity contribution in [2.24, 2.45) is 5.92 Å². The predicted octanol–water partition coefficient (Wildman–Crippen LogP) is 1.51. The lowest BCUT2D eigenvalue weighted by Gasteiger charge is -2.19. The molecule has 1 aromatic heterocycles. The van der Waals surface area contributed by atoms with Crippen molar-refractivity contribution in [1.82, 2.24) is 9.55 Å². The second-order valence-electron chi connectivity index (χ2n) is 3.73. The van der Waals surface area contributed by atoms with E-state index < -0.39 is 5.97 Å². The summed E-state index contributed by atoms with van der Waals surface area (Å²) in [5.74, 6) is 0.114. The van der Waals surface area contributed by atoms with E-state index in [9.17, 15) is 4.79 Å². The number of aliphatic carboxylic acids is 1. The molecule has 0 bridgehead atoms. The fraction of sp³-hybridized carbons (Fsp3) is 0.600. The highest BCUT2D eigenvalue weighted by Gasteiger charge is 2.24. The summed E-state index contributed by atoms with van der Waals surface area (Å²) in [6.45, 7) is 2.64. The van der Waals surface area contributed by atoms with E-state index in [1.165, 1.54) is 0 Å². The number of aromatic nitrogens is 2. The topological polar surface area (TPSA) is 55.1 Å². The number of carbonyl (C=O) groups is 1. The van der Waals surface area contributed by atoms with Crippen molar-refractivity contribution < 1.29 is 9.90 Å². The zero-order chi connectivity index (χ0) is 10.1. The fourth-order valence-electron chi connectivity index (χ4n) is 1.87. The molecule has 1 unspecified atom stereocenters. The van der Waals surface area contributed by atoms with E-state index in [4.69, 9.17) is 5.11 Å². The third-order valence-electron chi connectivity index (χ3n) is 2.75. The molecule has 15 heavy (non-hydrogen) atoms. The third-order valence-corrected chi connectivity index (χ3v) is 2.75. The first kappa shape index (κ1) is 12.0. The van der Waals surface area contributed by atoms with Gasteiger partial charge < -0.3 is 9.67 Å².